The van der Waals surface area contributed by atoms with E-state index in [0.29, 0.717) is 12.0 Å². The van der Waals surface area contributed by atoms with Gasteiger partial charge in [0.05, 0.1) is 13.2 Å². The van der Waals surface area contributed by atoms with E-state index in [1.54, 1.807) is 0 Å². The molecule has 1 rings (SSSR count). The van der Waals surface area contributed by atoms with Crippen molar-refractivity contribution in [1.29, 1.82) is 0 Å². The Hall–Kier alpha value is -0.220. The van der Waals surface area contributed by atoms with E-state index in [-0.39, 0.29) is 0 Å². The molecule has 0 aromatic heterocycles. The summed E-state index contributed by atoms with van der Waals surface area (Å²) in [6, 6.07) is 0.594. The lowest BCUT2D eigenvalue weighted by Gasteiger charge is -2.28. The first kappa shape index (κ1) is 14.8. The van der Waals surface area contributed by atoms with Gasteiger partial charge in [-0.25, -0.2) is 0 Å². The number of hydrogen-bond acceptors (Lipinski definition) is 3. The third kappa shape index (κ3) is 6.32. The summed E-state index contributed by atoms with van der Waals surface area (Å²) in [6.45, 7) is 9.11. The Morgan fingerprint density at radius 2 is 2.29 bits per heavy atom. The summed E-state index contributed by atoms with van der Waals surface area (Å²) in [4.78, 5) is 4.56. The zero-order valence-corrected chi connectivity index (χ0v) is 12.2. The van der Waals surface area contributed by atoms with Crippen molar-refractivity contribution in [3.8, 4) is 0 Å². The minimum absolute atomic E-state index is 0.594. The minimum atomic E-state index is 0.594. The maximum atomic E-state index is 5.50. The third-order valence-electron chi connectivity index (χ3n) is 2.91. The number of aliphatic imine (C=N–C) groups is 1. The van der Waals surface area contributed by atoms with Gasteiger partial charge in [-0.2, -0.15) is 0 Å². The molecule has 1 heterocycles. The van der Waals surface area contributed by atoms with Crippen LogP contribution >= 0.6 is 11.8 Å². The van der Waals surface area contributed by atoms with Crippen LogP contribution in [0.2, 0.25) is 0 Å². The summed E-state index contributed by atoms with van der Waals surface area (Å²) in [5.74, 6) is 1.87. The molecule has 3 nitrogen and oxygen atoms in total. The first-order valence-corrected chi connectivity index (χ1v) is 7.74. The molecule has 0 spiro atoms. The standard InChI is InChI=1S/C13H26N2OS/c1-4-5-8-16-9-7-14-13-15-12(11(2)3)6-10-17-13/h11-12H,4-10H2,1-3H3,(H,14,15). The molecule has 0 aromatic carbocycles. The van der Waals surface area contributed by atoms with Crippen LogP contribution in [0.25, 0.3) is 0 Å². The van der Waals surface area contributed by atoms with Gasteiger partial charge in [-0.3, -0.25) is 4.99 Å². The molecule has 0 bridgehead atoms. The highest BCUT2D eigenvalue weighted by Crippen LogP contribution is 2.18. The molecule has 1 fully saturated rings. The summed E-state index contributed by atoms with van der Waals surface area (Å²) >= 11 is 1.84. The molecule has 1 N–H and O–H groups in total. The molecule has 1 unspecified atom stereocenters. The molecule has 1 aliphatic rings. The zero-order chi connectivity index (χ0) is 12.5. The maximum Gasteiger partial charge on any atom is 0.156 e. The number of ether oxygens (including phenoxy) is 1. The fraction of sp³-hybridized carbons (Fsp3) is 0.923. The van der Waals surface area contributed by atoms with Crippen molar-refractivity contribution in [2.24, 2.45) is 10.9 Å². The Bertz CT molecular complexity index is 231. The van der Waals surface area contributed by atoms with Crippen molar-refractivity contribution in [2.45, 2.75) is 46.1 Å². The number of nitrogens with one attached hydrogen (secondary N) is 1. The Kier molecular flexibility index (Phi) is 7.69. The van der Waals surface area contributed by atoms with E-state index >= 15 is 0 Å². The number of thioether (sulfide) groups is 1. The van der Waals surface area contributed by atoms with Crippen LogP contribution in [0.3, 0.4) is 0 Å². The van der Waals surface area contributed by atoms with Crippen LogP contribution in [0, 0.1) is 5.92 Å². The third-order valence-corrected chi connectivity index (χ3v) is 3.87. The van der Waals surface area contributed by atoms with Gasteiger partial charge in [0.1, 0.15) is 0 Å². The average molecular weight is 258 g/mol. The summed E-state index contributed by atoms with van der Waals surface area (Å²) in [7, 11) is 0. The fourth-order valence-corrected chi connectivity index (χ4v) is 2.69. The maximum absolute atomic E-state index is 5.50. The molecular formula is C13H26N2OS. The molecule has 1 atom stereocenters. The number of rotatable bonds is 7. The molecule has 17 heavy (non-hydrogen) atoms. The van der Waals surface area contributed by atoms with Gasteiger partial charge in [-0.15, -0.1) is 0 Å². The topological polar surface area (TPSA) is 33.6 Å². The summed E-state index contributed by atoms with van der Waals surface area (Å²) in [5.41, 5.74) is 0. The van der Waals surface area contributed by atoms with Crippen molar-refractivity contribution < 1.29 is 4.74 Å². The van der Waals surface area contributed by atoms with Crippen LogP contribution in [0.1, 0.15) is 40.0 Å². The molecule has 0 aromatic rings. The molecule has 0 saturated carbocycles. The molecular weight excluding hydrogens is 232 g/mol. The van der Waals surface area contributed by atoms with Crippen molar-refractivity contribution >= 4 is 16.9 Å². The van der Waals surface area contributed by atoms with E-state index in [0.717, 1.165) is 31.3 Å². The minimum Gasteiger partial charge on any atom is -0.380 e. The van der Waals surface area contributed by atoms with E-state index in [4.69, 9.17) is 4.74 Å². The Morgan fingerprint density at radius 1 is 1.47 bits per heavy atom. The van der Waals surface area contributed by atoms with E-state index in [1.165, 1.54) is 18.6 Å². The number of nitrogens with zero attached hydrogens (tertiary/aromatic N) is 1. The van der Waals surface area contributed by atoms with Crippen LogP contribution in [-0.4, -0.2) is 36.7 Å². The van der Waals surface area contributed by atoms with Gasteiger partial charge in [-0.05, 0) is 18.8 Å². The van der Waals surface area contributed by atoms with Gasteiger partial charge >= 0.3 is 0 Å². The number of hydrogen-bond donors (Lipinski definition) is 1. The lowest BCUT2D eigenvalue weighted by molar-refractivity contribution is 0.139. The second-order valence-corrected chi connectivity index (χ2v) is 5.87. The first-order chi connectivity index (χ1) is 8.24. The van der Waals surface area contributed by atoms with Gasteiger partial charge in [0.15, 0.2) is 5.17 Å². The molecule has 0 aliphatic carbocycles. The molecule has 0 radical (unpaired) electrons. The quantitative estimate of drug-likeness (QED) is 0.713. The van der Waals surface area contributed by atoms with E-state index in [9.17, 15) is 0 Å². The van der Waals surface area contributed by atoms with Crippen LogP contribution in [-0.2, 0) is 4.74 Å². The van der Waals surface area contributed by atoms with E-state index in [1.807, 2.05) is 11.8 Å². The SMILES string of the molecule is CCCCOCCN=C1NC(C(C)C)CCS1. The van der Waals surface area contributed by atoms with Crippen molar-refractivity contribution in [3.05, 3.63) is 0 Å². The Balaban J connectivity index is 2.15. The Labute approximate surface area is 110 Å². The van der Waals surface area contributed by atoms with Gasteiger partial charge in [0.25, 0.3) is 0 Å². The molecule has 1 saturated heterocycles. The highest BCUT2D eigenvalue weighted by atomic mass is 32.2. The summed E-state index contributed by atoms with van der Waals surface area (Å²) < 4.78 is 5.50. The van der Waals surface area contributed by atoms with Crippen molar-refractivity contribution in [3.63, 3.8) is 0 Å². The van der Waals surface area contributed by atoms with Gasteiger partial charge in [0.2, 0.25) is 0 Å². The second-order valence-electron chi connectivity index (χ2n) is 4.78. The fourth-order valence-electron chi connectivity index (χ4n) is 1.71. The van der Waals surface area contributed by atoms with Gasteiger partial charge < -0.3 is 10.1 Å². The molecule has 1 aliphatic heterocycles. The van der Waals surface area contributed by atoms with Gasteiger partial charge in [0, 0.05) is 18.4 Å². The second kappa shape index (κ2) is 8.81. The highest BCUT2D eigenvalue weighted by molar-refractivity contribution is 8.13. The summed E-state index contributed by atoms with van der Waals surface area (Å²) in [5, 5.41) is 4.62. The summed E-state index contributed by atoms with van der Waals surface area (Å²) in [6.07, 6.45) is 3.59. The smallest absolute Gasteiger partial charge is 0.156 e. The highest BCUT2D eigenvalue weighted by Gasteiger charge is 2.19. The number of amidine groups is 1. The lowest BCUT2D eigenvalue weighted by atomic mass is 10.0. The van der Waals surface area contributed by atoms with Gasteiger partial charge in [-0.1, -0.05) is 39.0 Å². The molecule has 0 amide bonds. The predicted octanol–water partition coefficient (Wildman–Crippen LogP) is 2.91. The van der Waals surface area contributed by atoms with Crippen molar-refractivity contribution in [2.75, 3.05) is 25.5 Å². The zero-order valence-electron chi connectivity index (χ0n) is 11.4. The molecule has 4 heteroatoms. The van der Waals surface area contributed by atoms with Crippen LogP contribution in [0.4, 0.5) is 0 Å². The monoisotopic (exact) mass is 258 g/mol. The van der Waals surface area contributed by atoms with Crippen LogP contribution in [0.15, 0.2) is 4.99 Å². The van der Waals surface area contributed by atoms with E-state index < -0.39 is 0 Å². The Morgan fingerprint density at radius 3 is 3.00 bits per heavy atom. The van der Waals surface area contributed by atoms with Crippen molar-refractivity contribution in [1.82, 2.24) is 5.32 Å². The largest absolute Gasteiger partial charge is 0.380 e. The normalized spacial score (nSPS) is 23.1. The van der Waals surface area contributed by atoms with E-state index in [2.05, 4.69) is 31.1 Å². The number of unbranched alkanes of at least 4 members (excludes halogenated alkanes) is 1. The molecule has 100 valence electrons. The lowest BCUT2D eigenvalue weighted by Crippen LogP contribution is -2.41. The first-order valence-electron chi connectivity index (χ1n) is 6.75. The predicted molar refractivity (Wildman–Crippen MR) is 76.9 cm³/mol. The average Bonchev–Trinajstić information content (AvgIpc) is 2.34. The van der Waals surface area contributed by atoms with Crippen LogP contribution in [0.5, 0.6) is 0 Å². The van der Waals surface area contributed by atoms with Crippen LogP contribution < -0.4 is 5.32 Å².